The van der Waals surface area contributed by atoms with Gasteiger partial charge in [-0.3, -0.25) is 0 Å². The molecule has 2 aromatic rings. The smallest absolute Gasteiger partial charge is 0.123 e. The Morgan fingerprint density at radius 2 is 1.81 bits per heavy atom. The molecule has 112 valence electrons. The van der Waals surface area contributed by atoms with Crippen molar-refractivity contribution in [3.63, 3.8) is 0 Å². The zero-order chi connectivity index (χ0) is 15.1. The van der Waals surface area contributed by atoms with Crippen LogP contribution in [0, 0.1) is 12.7 Å². The first kappa shape index (κ1) is 15.7. The molecule has 2 heteroatoms. The van der Waals surface area contributed by atoms with Crippen LogP contribution in [0.1, 0.15) is 30.0 Å². The molecular weight excluding hydrogens is 261 g/mol. The van der Waals surface area contributed by atoms with Crippen LogP contribution in [0.2, 0.25) is 0 Å². The van der Waals surface area contributed by atoms with E-state index in [4.69, 9.17) is 0 Å². The maximum absolute atomic E-state index is 13.3. The molecule has 0 amide bonds. The molecule has 0 heterocycles. The van der Waals surface area contributed by atoms with Gasteiger partial charge in [0.2, 0.25) is 0 Å². The standard InChI is InChI=1S/C19H24FN/c1-3-21-19(14-17-5-4-6-18(20)13-17)12-11-16-9-7-15(2)8-10-16/h4-10,13,19,21H,3,11-12,14H2,1-2H3. The summed E-state index contributed by atoms with van der Waals surface area (Å²) in [7, 11) is 0. The maximum Gasteiger partial charge on any atom is 0.123 e. The Hall–Kier alpha value is -1.67. The quantitative estimate of drug-likeness (QED) is 0.800. The van der Waals surface area contributed by atoms with Gasteiger partial charge in [0, 0.05) is 6.04 Å². The average Bonchev–Trinajstić information content (AvgIpc) is 2.47. The fourth-order valence-corrected chi connectivity index (χ4v) is 2.61. The van der Waals surface area contributed by atoms with Crippen molar-refractivity contribution in [2.75, 3.05) is 6.54 Å². The minimum atomic E-state index is -0.152. The molecule has 0 aliphatic carbocycles. The van der Waals surface area contributed by atoms with Crippen molar-refractivity contribution >= 4 is 0 Å². The summed E-state index contributed by atoms with van der Waals surface area (Å²) < 4.78 is 13.3. The van der Waals surface area contributed by atoms with Gasteiger partial charge in [-0.2, -0.15) is 0 Å². The maximum atomic E-state index is 13.3. The lowest BCUT2D eigenvalue weighted by molar-refractivity contribution is 0.490. The Morgan fingerprint density at radius 1 is 1.05 bits per heavy atom. The van der Waals surface area contributed by atoms with Crippen LogP contribution in [0.3, 0.4) is 0 Å². The molecule has 1 atom stereocenters. The molecular formula is C19H24FN. The molecule has 0 aliphatic rings. The van der Waals surface area contributed by atoms with Gasteiger partial charge in [-0.25, -0.2) is 4.39 Å². The van der Waals surface area contributed by atoms with Crippen LogP contribution in [-0.2, 0) is 12.8 Å². The van der Waals surface area contributed by atoms with Crippen molar-refractivity contribution in [1.29, 1.82) is 0 Å². The van der Waals surface area contributed by atoms with E-state index in [1.54, 1.807) is 12.1 Å². The first-order chi connectivity index (χ1) is 10.2. The molecule has 0 saturated heterocycles. The fraction of sp³-hybridized carbons (Fsp3) is 0.368. The molecule has 21 heavy (non-hydrogen) atoms. The summed E-state index contributed by atoms with van der Waals surface area (Å²) in [6.45, 7) is 5.16. The van der Waals surface area contributed by atoms with Crippen LogP contribution in [0.4, 0.5) is 4.39 Å². The number of likely N-dealkylation sites (N-methyl/N-ethyl adjacent to an activating group) is 1. The lowest BCUT2D eigenvalue weighted by Gasteiger charge is -2.18. The average molecular weight is 285 g/mol. The first-order valence-electron chi connectivity index (χ1n) is 7.70. The number of benzene rings is 2. The van der Waals surface area contributed by atoms with E-state index in [-0.39, 0.29) is 5.82 Å². The third kappa shape index (κ3) is 5.31. The molecule has 1 N–H and O–H groups in total. The Balaban J connectivity index is 1.93. The third-order valence-corrected chi connectivity index (χ3v) is 3.77. The van der Waals surface area contributed by atoms with Gasteiger partial charge >= 0.3 is 0 Å². The van der Waals surface area contributed by atoms with Gasteiger partial charge in [0.15, 0.2) is 0 Å². The van der Waals surface area contributed by atoms with E-state index in [1.165, 1.54) is 17.2 Å². The summed E-state index contributed by atoms with van der Waals surface area (Å²) in [5, 5.41) is 3.51. The van der Waals surface area contributed by atoms with Crippen molar-refractivity contribution in [3.05, 3.63) is 71.0 Å². The predicted octanol–water partition coefficient (Wildman–Crippen LogP) is 4.29. The summed E-state index contributed by atoms with van der Waals surface area (Å²) in [5.41, 5.74) is 3.72. The zero-order valence-electron chi connectivity index (χ0n) is 12.9. The molecule has 0 radical (unpaired) electrons. The van der Waals surface area contributed by atoms with Crippen LogP contribution in [0.15, 0.2) is 48.5 Å². The molecule has 0 aromatic heterocycles. The molecule has 0 aliphatic heterocycles. The predicted molar refractivity (Wildman–Crippen MR) is 87.1 cm³/mol. The second-order valence-electron chi connectivity index (χ2n) is 5.61. The van der Waals surface area contributed by atoms with E-state index >= 15 is 0 Å². The van der Waals surface area contributed by atoms with E-state index in [0.717, 1.165) is 31.4 Å². The van der Waals surface area contributed by atoms with Gasteiger partial charge < -0.3 is 5.32 Å². The van der Waals surface area contributed by atoms with Crippen LogP contribution in [-0.4, -0.2) is 12.6 Å². The summed E-state index contributed by atoms with van der Waals surface area (Å²) in [4.78, 5) is 0. The lowest BCUT2D eigenvalue weighted by Crippen LogP contribution is -2.31. The normalized spacial score (nSPS) is 12.3. The number of rotatable bonds is 7. The molecule has 1 nitrogen and oxygen atoms in total. The highest BCUT2D eigenvalue weighted by molar-refractivity contribution is 5.22. The minimum absolute atomic E-state index is 0.152. The summed E-state index contributed by atoms with van der Waals surface area (Å²) in [5.74, 6) is -0.152. The van der Waals surface area contributed by atoms with Crippen LogP contribution < -0.4 is 5.32 Å². The SMILES string of the molecule is CCNC(CCc1ccc(C)cc1)Cc1cccc(F)c1. The fourth-order valence-electron chi connectivity index (χ4n) is 2.61. The highest BCUT2D eigenvalue weighted by atomic mass is 19.1. The van der Waals surface area contributed by atoms with Gasteiger partial charge in [0.25, 0.3) is 0 Å². The molecule has 0 saturated carbocycles. The number of halogens is 1. The molecule has 2 rings (SSSR count). The van der Waals surface area contributed by atoms with Gasteiger partial charge in [0.1, 0.15) is 5.82 Å². The highest BCUT2D eigenvalue weighted by Gasteiger charge is 2.09. The van der Waals surface area contributed by atoms with E-state index in [0.29, 0.717) is 6.04 Å². The van der Waals surface area contributed by atoms with Crippen LogP contribution in [0.5, 0.6) is 0 Å². The number of nitrogens with one attached hydrogen (secondary N) is 1. The number of aryl methyl sites for hydroxylation is 2. The van der Waals surface area contributed by atoms with Crippen molar-refractivity contribution in [3.8, 4) is 0 Å². The summed E-state index contributed by atoms with van der Waals surface area (Å²) in [6.07, 6.45) is 2.98. The zero-order valence-corrected chi connectivity index (χ0v) is 12.9. The van der Waals surface area contributed by atoms with Gasteiger partial charge in [0.05, 0.1) is 0 Å². The van der Waals surface area contributed by atoms with Crippen molar-refractivity contribution in [2.45, 2.75) is 39.2 Å². The van der Waals surface area contributed by atoms with Crippen LogP contribution in [0.25, 0.3) is 0 Å². The Labute approximate surface area is 127 Å². The van der Waals surface area contributed by atoms with Gasteiger partial charge in [-0.05, 0) is 56.0 Å². The van der Waals surface area contributed by atoms with Gasteiger partial charge in [-0.1, -0.05) is 48.9 Å². The number of hydrogen-bond acceptors (Lipinski definition) is 1. The number of hydrogen-bond donors (Lipinski definition) is 1. The molecule has 1 unspecified atom stereocenters. The monoisotopic (exact) mass is 285 g/mol. The molecule has 0 fully saturated rings. The van der Waals surface area contributed by atoms with E-state index < -0.39 is 0 Å². The van der Waals surface area contributed by atoms with Crippen molar-refractivity contribution in [2.24, 2.45) is 0 Å². The third-order valence-electron chi connectivity index (χ3n) is 3.77. The summed E-state index contributed by atoms with van der Waals surface area (Å²) >= 11 is 0. The van der Waals surface area contributed by atoms with E-state index in [1.807, 2.05) is 6.07 Å². The Bertz CT molecular complexity index is 548. The summed E-state index contributed by atoms with van der Waals surface area (Å²) in [6, 6.07) is 16.0. The largest absolute Gasteiger partial charge is 0.314 e. The van der Waals surface area contributed by atoms with E-state index in [2.05, 4.69) is 43.4 Å². The van der Waals surface area contributed by atoms with Crippen molar-refractivity contribution < 1.29 is 4.39 Å². The molecule has 2 aromatic carbocycles. The van der Waals surface area contributed by atoms with Crippen molar-refractivity contribution in [1.82, 2.24) is 5.32 Å². The second-order valence-corrected chi connectivity index (χ2v) is 5.61. The molecule has 0 bridgehead atoms. The minimum Gasteiger partial charge on any atom is -0.314 e. The lowest BCUT2D eigenvalue weighted by atomic mass is 9.98. The Morgan fingerprint density at radius 3 is 2.48 bits per heavy atom. The Kier molecular flexibility index (Phi) is 5.94. The first-order valence-corrected chi connectivity index (χ1v) is 7.70. The second kappa shape index (κ2) is 7.94. The topological polar surface area (TPSA) is 12.0 Å². The van der Waals surface area contributed by atoms with Gasteiger partial charge in [-0.15, -0.1) is 0 Å². The van der Waals surface area contributed by atoms with Crippen LogP contribution >= 0.6 is 0 Å². The van der Waals surface area contributed by atoms with E-state index in [9.17, 15) is 4.39 Å². The highest BCUT2D eigenvalue weighted by Crippen LogP contribution is 2.12. The molecule has 0 spiro atoms.